The highest BCUT2D eigenvalue weighted by molar-refractivity contribution is 5.91. The van der Waals surface area contributed by atoms with Crippen LogP contribution in [0.2, 0.25) is 0 Å². The van der Waals surface area contributed by atoms with Crippen LogP contribution in [0.5, 0.6) is 5.75 Å². The average Bonchev–Trinajstić information content (AvgIpc) is 3.13. The Morgan fingerprint density at radius 2 is 1.71 bits per heavy atom. The fourth-order valence-electron chi connectivity index (χ4n) is 2.31. The van der Waals surface area contributed by atoms with Gasteiger partial charge < -0.3 is 10.8 Å². The number of rotatable bonds is 2. The monoisotopic (exact) mass is 249 g/mol. The van der Waals surface area contributed by atoms with Crippen molar-refractivity contribution in [3.63, 3.8) is 0 Å². The van der Waals surface area contributed by atoms with Crippen LogP contribution in [0.15, 0.2) is 36.4 Å². The highest BCUT2D eigenvalue weighted by atomic mass is 35.5. The minimum absolute atomic E-state index is 0. The van der Waals surface area contributed by atoms with E-state index in [-0.39, 0.29) is 18.4 Å². The van der Waals surface area contributed by atoms with E-state index in [4.69, 9.17) is 5.73 Å². The summed E-state index contributed by atoms with van der Waals surface area (Å²) in [6, 6.07) is 11.7. The molecular formula is C14H16ClNO. The van der Waals surface area contributed by atoms with Crippen LogP contribution in [0.4, 0.5) is 0 Å². The number of fused-ring (bicyclic) bond motifs is 1. The molecule has 0 bridgehead atoms. The van der Waals surface area contributed by atoms with Crippen molar-refractivity contribution in [1.29, 1.82) is 0 Å². The lowest BCUT2D eigenvalue weighted by atomic mass is 9.96. The first-order chi connectivity index (χ1) is 7.77. The van der Waals surface area contributed by atoms with Gasteiger partial charge in [-0.2, -0.15) is 0 Å². The van der Waals surface area contributed by atoms with Gasteiger partial charge in [0.1, 0.15) is 5.75 Å². The number of benzene rings is 2. The van der Waals surface area contributed by atoms with E-state index in [1.54, 1.807) is 6.07 Å². The fraction of sp³-hybridized carbons (Fsp3) is 0.286. The average molecular weight is 250 g/mol. The van der Waals surface area contributed by atoms with Crippen molar-refractivity contribution in [3.8, 4) is 5.75 Å². The predicted octanol–water partition coefficient (Wildman–Crippen LogP) is 3.38. The van der Waals surface area contributed by atoms with Crippen LogP contribution in [-0.2, 0) is 0 Å². The Balaban J connectivity index is 0.00000108. The van der Waals surface area contributed by atoms with Crippen molar-refractivity contribution >= 4 is 23.2 Å². The molecule has 1 atom stereocenters. The predicted molar refractivity (Wildman–Crippen MR) is 72.5 cm³/mol. The normalized spacial score (nSPS) is 16.5. The zero-order chi connectivity index (χ0) is 11.1. The Morgan fingerprint density at radius 3 is 2.35 bits per heavy atom. The molecular weight excluding hydrogens is 234 g/mol. The van der Waals surface area contributed by atoms with E-state index >= 15 is 0 Å². The molecule has 0 amide bonds. The van der Waals surface area contributed by atoms with Crippen molar-refractivity contribution in [1.82, 2.24) is 0 Å². The van der Waals surface area contributed by atoms with Crippen molar-refractivity contribution in [2.75, 3.05) is 0 Å². The first kappa shape index (κ1) is 12.2. The summed E-state index contributed by atoms with van der Waals surface area (Å²) >= 11 is 0. The minimum atomic E-state index is 0. The molecule has 2 nitrogen and oxygen atoms in total. The Labute approximate surface area is 107 Å². The second kappa shape index (κ2) is 4.55. The van der Waals surface area contributed by atoms with Crippen molar-refractivity contribution < 1.29 is 5.11 Å². The molecule has 0 heterocycles. The van der Waals surface area contributed by atoms with E-state index in [1.807, 2.05) is 30.3 Å². The van der Waals surface area contributed by atoms with E-state index in [9.17, 15) is 5.11 Å². The van der Waals surface area contributed by atoms with E-state index in [0.717, 1.165) is 16.3 Å². The van der Waals surface area contributed by atoms with Gasteiger partial charge in [0.25, 0.3) is 0 Å². The van der Waals surface area contributed by atoms with Crippen molar-refractivity contribution in [2.45, 2.75) is 18.9 Å². The van der Waals surface area contributed by atoms with Crippen LogP contribution in [0.3, 0.4) is 0 Å². The molecule has 2 aromatic carbocycles. The van der Waals surface area contributed by atoms with Gasteiger partial charge in [-0.05, 0) is 35.8 Å². The molecule has 17 heavy (non-hydrogen) atoms. The number of phenolic OH excluding ortho intramolecular Hbond substituents is 1. The van der Waals surface area contributed by atoms with E-state index in [2.05, 4.69) is 0 Å². The lowest BCUT2D eigenvalue weighted by Gasteiger charge is -2.14. The Kier molecular flexibility index (Phi) is 3.27. The first-order valence-electron chi connectivity index (χ1n) is 5.73. The first-order valence-corrected chi connectivity index (χ1v) is 5.73. The fourth-order valence-corrected chi connectivity index (χ4v) is 2.31. The molecule has 3 heteroatoms. The molecule has 2 aromatic rings. The van der Waals surface area contributed by atoms with E-state index in [0.29, 0.717) is 11.7 Å². The summed E-state index contributed by atoms with van der Waals surface area (Å²) in [7, 11) is 0. The van der Waals surface area contributed by atoms with Gasteiger partial charge in [0.15, 0.2) is 0 Å². The lowest BCUT2D eigenvalue weighted by Crippen LogP contribution is -2.12. The molecule has 1 saturated carbocycles. The Morgan fingerprint density at radius 1 is 1.06 bits per heavy atom. The van der Waals surface area contributed by atoms with E-state index < -0.39 is 0 Å². The summed E-state index contributed by atoms with van der Waals surface area (Å²) in [5.74, 6) is 0.968. The van der Waals surface area contributed by atoms with Crippen LogP contribution < -0.4 is 5.73 Å². The zero-order valence-electron chi connectivity index (χ0n) is 9.47. The summed E-state index contributed by atoms with van der Waals surface area (Å²) in [4.78, 5) is 0. The third-order valence-corrected chi connectivity index (χ3v) is 3.42. The quantitative estimate of drug-likeness (QED) is 0.857. The molecule has 3 N–H and O–H groups in total. The van der Waals surface area contributed by atoms with Gasteiger partial charge in [0.05, 0.1) is 0 Å². The molecule has 90 valence electrons. The van der Waals surface area contributed by atoms with Gasteiger partial charge in [-0.25, -0.2) is 0 Å². The molecule has 1 aliphatic rings. The van der Waals surface area contributed by atoms with Gasteiger partial charge in [-0.3, -0.25) is 0 Å². The summed E-state index contributed by atoms with van der Waals surface area (Å²) in [6.45, 7) is 0. The van der Waals surface area contributed by atoms with Crippen molar-refractivity contribution in [2.24, 2.45) is 11.7 Å². The maximum absolute atomic E-state index is 9.79. The number of halogens is 1. The Hall–Kier alpha value is -1.25. The van der Waals surface area contributed by atoms with E-state index in [1.165, 1.54) is 12.8 Å². The molecule has 0 aliphatic heterocycles. The summed E-state index contributed by atoms with van der Waals surface area (Å²) in [6.07, 6.45) is 2.47. The van der Waals surface area contributed by atoms with Crippen LogP contribution in [0.1, 0.15) is 24.4 Å². The minimum Gasteiger partial charge on any atom is -0.507 e. The standard InChI is InChI=1S/C14H15NO.ClH/c15-14(9-5-6-9)12-7-8-13(16)11-4-2-1-3-10(11)12;/h1-4,7-9,14,16H,5-6,15H2;1H/t14-;/m1./s1. The van der Waals surface area contributed by atoms with Crippen LogP contribution in [-0.4, -0.2) is 5.11 Å². The van der Waals surface area contributed by atoms with Gasteiger partial charge in [-0.15, -0.1) is 12.4 Å². The van der Waals surface area contributed by atoms with Crippen LogP contribution in [0.25, 0.3) is 10.8 Å². The van der Waals surface area contributed by atoms with Gasteiger partial charge >= 0.3 is 0 Å². The van der Waals surface area contributed by atoms with Gasteiger partial charge in [0, 0.05) is 11.4 Å². The van der Waals surface area contributed by atoms with Gasteiger partial charge in [0.2, 0.25) is 0 Å². The van der Waals surface area contributed by atoms with Crippen LogP contribution in [0, 0.1) is 5.92 Å². The highest BCUT2D eigenvalue weighted by Crippen LogP contribution is 2.42. The number of aromatic hydroxyl groups is 1. The summed E-state index contributed by atoms with van der Waals surface area (Å²) in [5, 5.41) is 11.8. The molecule has 1 aliphatic carbocycles. The zero-order valence-corrected chi connectivity index (χ0v) is 10.3. The largest absolute Gasteiger partial charge is 0.507 e. The SMILES string of the molecule is Cl.N[C@@H](c1ccc(O)c2ccccc12)C1CC1. The van der Waals surface area contributed by atoms with Crippen molar-refractivity contribution in [3.05, 3.63) is 42.0 Å². The number of hydrogen-bond acceptors (Lipinski definition) is 2. The number of hydrogen-bond donors (Lipinski definition) is 2. The number of nitrogens with two attached hydrogens (primary N) is 1. The molecule has 0 spiro atoms. The Bertz CT molecular complexity index is 537. The highest BCUT2D eigenvalue weighted by Gasteiger charge is 2.30. The second-order valence-corrected chi connectivity index (χ2v) is 4.58. The third kappa shape index (κ3) is 2.11. The summed E-state index contributed by atoms with van der Waals surface area (Å²) < 4.78 is 0. The molecule has 3 rings (SSSR count). The maximum atomic E-state index is 9.79. The molecule has 0 aromatic heterocycles. The lowest BCUT2D eigenvalue weighted by molar-refractivity contribution is 0.481. The molecule has 0 unspecified atom stereocenters. The number of phenols is 1. The maximum Gasteiger partial charge on any atom is 0.123 e. The molecule has 0 saturated heterocycles. The summed E-state index contributed by atoms with van der Waals surface area (Å²) in [5.41, 5.74) is 7.40. The smallest absolute Gasteiger partial charge is 0.123 e. The van der Waals surface area contributed by atoms with Crippen LogP contribution >= 0.6 is 12.4 Å². The van der Waals surface area contributed by atoms with Gasteiger partial charge in [-0.1, -0.05) is 30.3 Å². The molecule has 0 radical (unpaired) electrons. The molecule has 1 fully saturated rings. The topological polar surface area (TPSA) is 46.2 Å². The third-order valence-electron chi connectivity index (χ3n) is 3.42. The second-order valence-electron chi connectivity index (χ2n) is 4.58.